The first kappa shape index (κ1) is 14.7. The molecule has 0 heterocycles. The molecule has 0 atom stereocenters. The molecule has 0 bridgehead atoms. The molecule has 0 fully saturated rings. The van der Waals surface area contributed by atoms with Gasteiger partial charge in [-0.05, 0) is 0 Å². The monoisotopic (exact) mass is 276 g/mol. The van der Waals surface area contributed by atoms with E-state index in [1.807, 2.05) is 3.83 Å². The number of rotatable bonds is 3. The van der Waals surface area contributed by atoms with Crippen LogP contribution in [-0.2, 0) is 0 Å². The molecular formula is C10H28AsBNSi+. The summed E-state index contributed by atoms with van der Waals surface area (Å²) in [7, 11) is 7.18. The van der Waals surface area contributed by atoms with Crippen molar-refractivity contribution in [3.63, 3.8) is 0 Å². The third-order valence-corrected chi connectivity index (χ3v) is 15.6. The van der Waals surface area contributed by atoms with Crippen LogP contribution in [0.5, 0.6) is 0 Å². The van der Waals surface area contributed by atoms with Crippen LogP contribution in [-0.4, -0.2) is 58.0 Å². The van der Waals surface area contributed by atoms with Gasteiger partial charge in [0, 0.05) is 0 Å². The van der Waals surface area contributed by atoms with Crippen LogP contribution in [0.4, 0.5) is 0 Å². The molecule has 0 aliphatic heterocycles. The normalized spacial score (nSPS) is 14.1. The topological polar surface area (TPSA) is 0 Å². The maximum atomic E-state index is 2.53. The molecule has 0 amide bonds. The Kier molecular flexibility index (Phi) is 4.47. The Morgan fingerprint density at radius 1 is 1.00 bits per heavy atom. The van der Waals surface area contributed by atoms with Crippen LogP contribution in [0.3, 0.4) is 0 Å². The van der Waals surface area contributed by atoms with Gasteiger partial charge in [-0.15, -0.1) is 0 Å². The van der Waals surface area contributed by atoms with Crippen LogP contribution < -0.4 is 0 Å². The van der Waals surface area contributed by atoms with Gasteiger partial charge in [0.25, 0.3) is 0 Å². The molecule has 0 saturated heterocycles. The average Bonchev–Trinajstić information content (AvgIpc) is 1.75. The molecule has 84 valence electrons. The summed E-state index contributed by atoms with van der Waals surface area (Å²) in [6, 6.07) is 0. The van der Waals surface area contributed by atoms with Crippen molar-refractivity contribution in [3.05, 3.63) is 0 Å². The number of nitrogens with zero attached hydrogens (tertiary/aromatic N) is 1. The van der Waals surface area contributed by atoms with Crippen LogP contribution in [0.2, 0.25) is 36.8 Å². The molecule has 0 saturated carbocycles. The standard InChI is InChI=1S/C10H28AsBNSi/c1-11(2,3)10(14(7,8)9)12-13(4,5)6/h12H,1-9H3/q+1. The molecular weight excluding hydrogens is 248 g/mol. The summed E-state index contributed by atoms with van der Waals surface area (Å²) < 4.78 is 3.06. The van der Waals surface area contributed by atoms with E-state index in [2.05, 4.69) is 57.9 Å². The predicted molar refractivity (Wildman–Crippen MR) is 76.9 cm³/mol. The zero-order valence-corrected chi connectivity index (χ0v) is 14.5. The third kappa shape index (κ3) is 5.53. The minimum atomic E-state index is -1.41. The summed E-state index contributed by atoms with van der Waals surface area (Å²) in [5, 5.41) is 0. The molecule has 1 nitrogen and oxygen atoms in total. The van der Waals surface area contributed by atoms with Gasteiger partial charge < -0.3 is 0 Å². The molecule has 0 aliphatic rings. The Morgan fingerprint density at radius 3 is 1.43 bits per heavy atom. The molecule has 0 aromatic carbocycles. The van der Waals surface area contributed by atoms with Crippen LogP contribution in [0.25, 0.3) is 0 Å². The van der Waals surface area contributed by atoms with Gasteiger partial charge in [0.1, 0.15) is 0 Å². The molecule has 0 N–H and O–H groups in total. The summed E-state index contributed by atoms with van der Waals surface area (Å²) in [6.07, 6.45) is 0. The summed E-state index contributed by atoms with van der Waals surface area (Å²) in [6.45, 7) is 7.51. The van der Waals surface area contributed by atoms with Crippen LogP contribution in [0, 0.1) is 0 Å². The van der Waals surface area contributed by atoms with Crippen molar-refractivity contribution in [2.45, 2.75) is 36.8 Å². The molecule has 0 spiro atoms. The molecule has 0 rings (SSSR count). The van der Waals surface area contributed by atoms with E-state index in [1.165, 1.54) is 7.41 Å². The molecule has 0 unspecified atom stereocenters. The van der Waals surface area contributed by atoms with Crippen molar-refractivity contribution in [3.8, 4) is 0 Å². The first-order valence-electron chi connectivity index (χ1n) is 5.33. The van der Waals surface area contributed by atoms with Crippen LogP contribution in [0.15, 0.2) is 0 Å². The van der Waals surface area contributed by atoms with E-state index in [0.29, 0.717) is 0 Å². The number of quaternary nitrogens is 1. The molecule has 0 aromatic rings. The van der Waals surface area contributed by atoms with Crippen molar-refractivity contribution in [1.82, 2.24) is 0 Å². The van der Waals surface area contributed by atoms with Crippen molar-refractivity contribution in [1.29, 1.82) is 0 Å². The van der Waals surface area contributed by atoms with Crippen molar-refractivity contribution in [2.75, 3.05) is 21.1 Å². The molecule has 4 heteroatoms. The third-order valence-electron chi connectivity index (χ3n) is 2.30. The van der Waals surface area contributed by atoms with Crippen molar-refractivity contribution < 1.29 is 4.39 Å². The van der Waals surface area contributed by atoms with Gasteiger partial charge >= 0.3 is 94.7 Å². The van der Waals surface area contributed by atoms with Crippen molar-refractivity contribution >= 4 is 32.4 Å². The molecule has 0 aliphatic carbocycles. The molecule has 14 heavy (non-hydrogen) atoms. The second kappa shape index (κ2) is 4.27. The van der Waals surface area contributed by atoms with Gasteiger partial charge in [0.05, 0.1) is 0 Å². The van der Waals surface area contributed by atoms with Gasteiger partial charge in [-0.3, -0.25) is 0 Å². The zero-order valence-electron chi connectivity index (χ0n) is 11.6. The van der Waals surface area contributed by atoms with Gasteiger partial charge in [-0.1, -0.05) is 0 Å². The zero-order chi connectivity index (χ0) is 11.8. The molecule has 0 aromatic heterocycles. The second-order valence-electron chi connectivity index (χ2n) is 7.16. The fraction of sp³-hybridized carbons (Fsp3) is 0.900. The van der Waals surface area contributed by atoms with E-state index < -0.39 is 21.2 Å². The van der Waals surface area contributed by atoms with E-state index in [0.717, 1.165) is 4.39 Å². The van der Waals surface area contributed by atoms with E-state index in [1.54, 1.807) is 0 Å². The van der Waals surface area contributed by atoms with Crippen molar-refractivity contribution in [2.24, 2.45) is 0 Å². The number of hydrogen-bond acceptors (Lipinski definition) is 0. The predicted octanol–water partition coefficient (Wildman–Crippen LogP) is 1.97. The van der Waals surface area contributed by atoms with E-state index >= 15 is 0 Å². The van der Waals surface area contributed by atoms with Crippen LogP contribution >= 0.6 is 0 Å². The molecule has 0 radical (unpaired) electrons. The van der Waals surface area contributed by atoms with E-state index in [-0.39, 0.29) is 0 Å². The van der Waals surface area contributed by atoms with E-state index in [9.17, 15) is 0 Å². The van der Waals surface area contributed by atoms with Gasteiger partial charge in [0.2, 0.25) is 0 Å². The first-order valence-corrected chi connectivity index (χ1v) is 15.4. The van der Waals surface area contributed by atoms with Gasteiger partial charge in [0.15, 0.2) is 0 Å². The fourth-order valence-electron chi connectivity index (χ4n) is 1.90. The maximum absolute atomic E-state index is 2.53. The fourth-order valence-corrected chi connectivity index (χ4v) is 19.3. The summed E-state index contributed by atoms with van der Waals surface area (Å²) in [4.78, 5) is 0. The summed E-state index contributed by atoms with van der Waals surface area (Å²) >= 11 is -1.41. The Balaban J connectivity index is 5.20. The summed E-state index contributed by atoms with van der Waals surface area (Å²) in [5.41, 5.74) is 7.59. The van der Waals surface area contributed by atoms with E-state index in [4.69, 9.17) is 0 Å². The number of hydrogen-bond donors (Lipinski definition) is 0. The first-order chi connectivity index (χ1) is 5.84. The van der Waals surface area contributed by atoms with Gasteiger partial charge in [-0.25, -0.2) is 0 Å². The Hall–Kier alpha value is 0.670. The SMILES string of the molecule is C[N+](C)(C)BC([Si](C)(C)C)=[As](C)(C)C. The Labute approximate surface area is 94.7 Å². The average molecular weight is 276 g/mol. The van der Waals surface area contributed by atoms with Crippen LogP contribution in [0.1, 0.15) is 0 Å². The second-order valence-corrected chi connectivity index (χ2v) is 22.8. The van der Waals surface area contributed by atoms with Gasteiger partial charge in [-0.2, -0.15) is 0 Å². The summed E-state index contributed by atoms with van der Waals surface area (Å²) in [5.74, 6) is 0. The Bertz CT molecular complexity index is 246. The minimum absolute atomic E-state index is 1.05. The quantitative estimate of drug-likeness (QED) is 0.691. The Morgan fingerprint density at radius 2 is 1.36 bits per heavy atom.